The Labute approximate surface area is 118 Å². The highest BCUT2D eigenvalue weighted by atomic mass is 16.4. The number of aromatic nitrogens is 2. The lowest BCUT2D eigenvalue weighted by atomic mass is 10.1. The van der Waals surface area contributed by atoms with Crippen molar-refractivity contribution >= 4 is 11.7 Å². The van der Waals surface area contributed by atoms with Gasteiger partial charge in [0.15, 0.2) is 0 Å². The minimum Gasteiger partial charge on any atom is -0.481 e. The van der Waals surface area contributed by atoms with E-state index in [1.54, 1.807) is 6.20 Å². The van der Waals surface area contributed by atoms with Crippen molar-refractivity contribution in [3.05, 3.63) is 48.3 Å². The van der Waals surface area contributed by atoms with E-state index in [1.165, 1.54) is 0 Å². The number of carboxylic acids is 1. The van der Waals surface area contributed by atoms with Crippen molar-refractivity contribution in [2.45, 2.75) is 32.4 Å². The van der Waals surface area contributed by atoms with Gasteiger partial charge in [0.05, 0.1) is 6.54 Å². The van der Waals surface area contributed by atoms with Crippen molar-refractivity contribution in [1.82, 2.24) is 9.78 Å². The largest absolute Gasteiger partial charge is 0.481 e. The van der Waals surface area contributed by atoms with Crippen molar-refractivity contribution in [1.29, 1.82) is 0 Å². The maximum Gasteiger partial charge on any atom is 0.303 e. The zero-order valence-electron chi connectivity index (χ0n) is 11.5. The molecule has 1 aromatic heterocycles. The number of nitrogens with one attached hydrogen (secondary N) is 1. The normalized spacial score (nSPS) is 12.1. The molecule has 0 aliphatic carbocycles. The van der Waals surface area contributed by atoms with Gasteiger partial charge in [-0.15, -0.1) is 0 Å². The van der Waals surface area contributed by atoms with E-state index in [4.69, 9.17) is 5.11 Å². The van der Waals surface area contributed by atoms with Gasteiger partial charge in [0.25, 0.3) is 0 Å². The van der Waals surface area contributed by atoms with Crippen molar-refractivity contribution in [2.24, 2.45) is 0 Å². The van der Waals surface area contributed by atoms with Gasteiger partial charge < -0.3 is 10.4 Å². The summed E-state index contributed by atoms with van der Waals surface area (Å²) in [6, 6.07) is 10.1. The fourth-order valence-electron chi connectivity index (χ4n) is 2.04. The van der Waals surface area contributed by atoms with Gasteiger partial charge >= 0.3 is 5.97 Å². The summed E-state index contributed by atoms with van der Waals surface area (Å²) in [5, 5.41) is 16.2. The number of anilines is 1. The van der Waals surface area contributed by atoms with Crippen LogP contribution in [0, 0.1) is 0 Å². The highest BCUT2D eigenvalue weighted by Gasteiger charge is 2.06. The maximum atomic E-state index is 10.6. The summed E-state index contributed by atoms with van der Waals surface area (Å²) in [5.41, 5.74) is 2.16. The molecule has 0 saturated heterocycles. The Morgan fingerprint density at radius 1 is 1.45 bits per heavy atom. The smallest absolute Gasteiger partial charge is 0.303 e. The third-order valence-electron chi connectivity index (χ3n) is 3.04. The Balaban J connectivity index is 1.93. The molecule has 106 valence electrons. The molecule has 1 heterocycles. The first kappa shape index (κ1) is 14.1. The van der Waals surface area contributed by atoms with Gasteiger partial charge in [0.2, 0.25) is 0 Å². The number of benzene rings is 1. The minimum absolute atomic E-state index is 0.131. The number of carbonyl (C=O) groups is 1. The van der Waals surface area contributed by atoms with Crippen LogP contribution >= 0.6 is 0 Å². The quantitative estimate of drug-likeness (QED) is 0.813. The third-order valence-corrected chi connectivity index (χ3v) is 3.04. The van der Waals surface area contributed by atoms with Gasteiger partial charge in [0.1, 0.15) is 0 Å². The Hall–Kier alpha value is -2.30. The van der Waals surface area contributed by atoms with E-state index in [0.29, 0.717) is 6.42 Å². The van der Waals surface area contributed by atoms with Crippen molar-refractivity contribution in [3.63, 3.8) is 0 Å². The molecule has 0 amide bonds. The summed E-state index contributed by atoms with van der Waals surface area (Å²) >= 11 is 0. The topological polar surface area (TPSA) is 67.2 Å². The first-order chi connectivity index (χ1) is 9.63. The van der Waals surface area contributed by atoms with Gasteiger partial charge in [-0.05, 0) is 37.1 Å². The molecule has 1 atom stereocenters. The second-order valence-corrected chi connectivity index (χ2v) is 4.88. The number of rotatable bonds is 7. The highest BCUT2D eigenvalue weighted by Crippen LogP contribution is 2.14. The zero-order valence-corrected chi connectivity index (χ0v) is 11.5. The molecule has 5 nitrogen and oxygen atoms in total. The number of nitrogens with zero attached hydrogens (tertiary/aromatic N) is 2. The lowest BCUT2D eigenvalue weighted by molar-refractivity contribution is -0.137. The summed E-state index contributed by atoms with van der Waals surface area (Å²) in [7, 11) is 0. The number of hydrogen-bond donors (Lipinski definition) is 2. The van der Waals surface area contributed by atoms with E-state index in [9.17, 15) is 4.79 Å². The molecule has 0 saturated carbocycles. The second kappa shape index (κ2) is 6.75. The lowest BCUT2D eigenvalue weighted by Gasteiger charge is -2.15. The first-order valence-corrected chi connectivity index (χ1v) is 6.68. The van der Waals surface area contributed by atoms with E-state index >= 15 is 0 Å². The average molecular weight is 273 g/mol. The molecule has 2 rings (SSSR count). The highest BCUT2D eigenvalue weighted by molar-refractivity contribution is 5.66. The van der Waals surface area contributed by atoms with Crippen LogP contribution in [-0.2, 0) is 11.3 Å². The van der Waals surface area contributed by atoms with E-state index in [1.807, 2.05) is 36.0 Å². The van der Waals surface area contributed by atoms with Gasteiger partial charge in [0, 0.05) is 30.5 Å². The Morgan fingerprint density at radius 2 is 2.30 bits per heavy atom. The molecule has 0 fully saturated rings. The second-order valence-electron chi connectivity index (χ2n) is 4.88. The molecule has 1 unspecified atom stereocenters. The molecule has 0 bridgehead atoms. The summed E-state index contributed by atoms with van der Waals surface area (Å²) in [4.78, 5) is 10.6. The number of aliphatic carboxylic acids is 1. The van der Waals surface area contributed by atoms with Gasteiger partial charge in [-0.3, -0.25) is 9.48 Å². The van der Waals surface area contributed by atoms with Crippen molar-refractivity contribution < 1.29 is 9.90 Å². The summed E-state index contributed by atoms with van der Waals surface area (Å²) in [6.45, 7) is 2.72. The van der Waals surface area contributed by atoms with Crippen molar-refractivity contribution in [3.8, 4) is 0 Å². The van der Waals surface area contributed by atoms with E-state index in [2.05, 4.69) is 22.5 Å². The van der Waals surface area contributed by atoms with Crippen LogP contribution < -0.4 is 5.32 Å². The zero-order chi connectivity index (χ0) is 14.4. The van der Waals surface area contributed by atoms with Crippen LogP contribution in [0.1, 0.15) is 25.3 Å². The molecular formula is C15H19N3O2. The van der Waals surface area contributed by atoms with Gasteiger partial charge in [-0.25, -0.2) is 0 Å². The van der Waals surface area contributed by atoms with Crippen LogP contribution in [0.2, 0.25) is 0 Å². The van der Waals surface area contributed by atoms with E-state index in [-0.39, 0.29) is 12.5 Å². The maximum absolute atomic E-state index is 10.6. The minimum atomic E-state index is -0.758. The number of carboxylic acid groups (broad SMARTS) is 1. The molecular weight excluding hydrogens is 254 g/mol. The molecule has 0 radical (unpaired) electrons. The van der Waals surface area contributed by atoms with Crippen LogP contribution in [-0.4, -0.2) is 26.9 Å². The molecule has 5 heteroatoms. The predicted molar refractivity (Wildman–Crippen MR) is 77.7 cm³/mol. The lowest BCUT2D eigenvalue weighted by Crippen LogP contribution is -2.16. The van der Waals surface area contributed by atoms with Crippen LogP contribution in [0.25, 0.3) is 0 Å². The van der Waals surface area contributed by atoms with E-state index in [0.717, 1.165) is 17.8 Å². The molecule has 2 aromatic rings. The van der Waals surface area contributed by atoms with Crippen LogP contribution in [0.4, 0.5) is 5.69 Å². The van der Waals surface area contributed by atoms with Gasteiger partial charge in [-0.2, -0.15) is 5.10 Å². The molecule has 0 spiro atoms. The monoisotopic (exact) mass is 273 g/mol. The van der Waals surface area contributed by atoms with Crippen LogP contribution in [0.5, 0.6) is 0 Å². The Morgan fingerprint density at radius 3 is 3.00 bits per heavy atom. The first-order valence-electron chi connectivity index (χ1n) is 6.68. The average Bonchev–Trinajstić information content (AvgIpc) is 2.89. The van der Waals surface area contributed by atoms with Crippen LogP contribution in [0.15, 0.2) is 42.7 Å². The Kier molecular flexibility index (Phi) is 4.76. The standard InChI is InChI=1S/C15H19N3O2/c1-12(6-7-15(19)20)17-14-5-2-4-13(10-14)11-18-9-3-8-16-18/h2-5,8-10,12,17H,6-7,11H2,1H3,(H,19,20). The molecule has 20 heavy (non-hydrogen) atoms. The van der Waals surface area contributed by atoms with E-state index < -0.39 is 5.97 Å². The molecule has 1 aromatic carbocycles. The van der Waals surface area contributed by atoms with Crippen LogP contribution in [0.3, 0.4) is 0 Å². The summed E-state index contributed by atoms with van der Waals surface area (Å²) < 4.78 is 1.87. The summed E-state index contributed by atoms with van der Waals surface area (Å²) in [6.07, 6.45) is 4.48. The predicted octanol–water partition coefficient (Wildman–Crippen LogP) is 2.60. The molecule has 0 aliphatic rings. The fourth-order valence-corrected chi connectivity index (χ4v) is 2.04. The van der Waals surface area contributed by atoms with Gasteiger partial charge in [-0.1, -0.05) is 12.1 Å². The van der Waals surface area contributed by atoms with Crippen molar-refractivity contribution in [2.75, 3.05) is 5.32 Å². The molecule has 0 aliphatic heterocycles. The molecule has 2 N–H and O–H groups in total. The Bertz CT molecular complexity index is 552. The fraction of sp³-hybridized carbons (Fsp3) is 0.333. The summed E-state index contributed by atoms with van der Waals surface area (Å²) in [5.74, 6) is -0.758. The SMILES string of the molecule is CC(CCC(=O)O)Nc1cccc(Cn2cccn2)c1. The number of hydrogen-bond acceptors (Lipinski definition) is 3. The third kappa shape index (κ3) is 4.42.